The van der Waals surface area contributed by atoms with E-state index in [1.807, 2.05) is 0 Å². The third-order valence-corrected chi connectivity index (χ3v) is 5.14. The van der Waals surface area contributed by atoms with E-state index < -0.39 is 0 Å². The SMILES string of the molecule is CC(CO)[C@@H]1C=C[C@H](C)[C@@H]2CC[C@H](C)[C@@H]2C1. The second-order valence-corrected chi connectivity index (χ2v) is 6.19. The molecule has 92 valence electrons. The first kappa shape index (κ1) is 12.2. The highest BCUT2D eigenvalue weighted by atomic mass is 16.3. The quantitative estimate of drug-likeness (QED) is 0.709. The van der Waals surface area contributed by atoms with Crippen LogP contribution < -0.4 is 0 Å². The summed E-state index contributed by atoms with van der Waals surface area (Å²) < 4.78 is 0. The van der Waals surface area contributed by atoms with Crippen molar-refractivity contribution in [2.24, 2.45) is 35.5 Å². The summed E-state index contributed by atoms with van der Waals surface area (Å²) >= 11 is 0. The molecule has 2 aliphatic rings. The topological polar surface area (TPSA) is 20.2 Å². The second-order valence-electron chi connectivity index (χ2n) is 6.19. The Balaban J connectivity index is 2.13. The number of hydrogen-bond donors (Lipinski definition) is 1. The lowest BCUT2D eigenvalue weighted by Crippen LogP contribution is -2.22. The van der Waals surface area contributed by atoms with E-state index in [1.165, 1.54) is 19.3 Å². The normalized spacial score (nSPS) is 45.1. The fraction of sp³-hybridized carbons (Fsp3) is 0.867. The third kappa shape index (κ3) is 2.20. The van der Waals surface area contributed by atoms with Gasteiger partial charge in [-0.3, -0.25) is 0 Å². The molecule has 0 amide bonds. The number of hydrogen-bond acceptors (Lipinski definition) is 1. The number of rotatable bonds is 2. The summed E-state index contributed by atoms with van der Waals surface area (Å²) in [6.07, 6.45) is 8.93. The molecule has 0 bridgehead atoms. The molecule has 2 aliphatic carbocycles. The molecule has 0 aromatic heterocycles. The Morgan fingerprint density at radius 2 is 1.94 bits per heavy atom. The highest BCUT2D eigenvalue weighted by Crippen LogP contribution is 2.47. The van der Waals surface area contributed by atoms with Crippen molar-refractivity contribution in [3.63, 3.8) is 0 Å². The van der Waals surface area contributed by atoms with Crippen molar-refractivity contribution in [3.8, 4) is 0 Å². The maximum atomic E-state index is 9.32. The summed E-state index contributed by atoms with van der Waals surface area (Å²) in [5.74, 6) is 4.45. The summed E-state index contributed by atoms with van der Waals surface area (Å²) in [5.41, 5.74) is 0. The first-order chi connectivity index (χ1) is 7.63. The maximum Gasteiger partial charge on any atom is 0.0462 e. The van der Waals surface area contributed by atoms with Crippen molar-refractivity contribution in [2.75, 3.05) is 6.61 Å². The van der Waals surface area contributed by atoms with Gasteiger partial charge in [-0.25, -0.2) is 0 Å². The van der Waals surface area contributed by atoms with Crippen LogP contribution in [0.5, 0.6) is 0 Å². The highest BCUT2D eigenvalue weighted by molar-refractivity contribution is 5.03. The summed E-state index contributed by atoms with van der Waals surface area (Å²) in [6, 6.07) is 0. The van der Waals surface area contributed by atoms with Gasteiger partial charge in [0.25, 0.3) is 0 Å². The zero-order chi connectivity index (χ0) is 11.7. The zero-order valence-electron chi connectivity index (χ0n) is 10.9. The Bertz CT molecular complexity index is 258. The molecule has 0 aromatic rings. The summed E-state index contributed by atoms with van der Waals surface area (Å²) in [7, 11) is 0. The van der Waals surface area contributed by atoms with E-state index in [9.17, 15) is 5.11 Å². The van der Waals surface area contributed by atoms with E-state index in [0.29, 0.717) is 18.4 Å². The molecule has 1 heteroatoms. The van der Waals surface area contributed by atoms with Gasteiger partial charge in [0.05, 0.1) is 0 Å². The number of aliphatic hydroxyl groups excluding tert-OH is 1. The van der Waals surface area contributed by atoms with Crippen molar-refractivity contribution < 1.29 is 5.11 Å². The minimum atomic E-state index is 0.329. The van der Waals surface area contributed by atoms with Gasteiger partial charge in [0, 0.05) is 6.61 Å². The summed E-state index contributed by atoms with van der Waals surface area (Å²) in [6.45, 7) is 7.30. The molecular weight excluding hydrogens is 196 g/mol. The molecule has 1 saturated carbocycles. The Kier molecular flexibility index (Phi) is 3.73. The van der Waals surface area contributed by atoms with Crippen LogP contribution >= 0.6 is 0 Å². The monoisotopic (exact) mass is 222 g/mol. The van der Waals surface area contributed by atoms with Crippen molar-refractivity contribution >= 4 is 0 Å². The molecule has 1 N–H and O–H groups in total. The molecule has 0 aliphatic heterocycles. The molecule has 0 radical (unpaired) electrons. The minimum Gasteiger partial charge on any atom is -0.396 e. The predicted molar refractivity (Wildman–Crippen MR) is 68.0 cm³/mol. The van der Waals surface area contributed by atoms with Crippen molar-refractivity contribution in [2.45, 2.75) is 40.0 Å². The van der Waals surface area contributed by atoms with Crippen LogP contribution in [-0.2, 0) is 0 Å². The van der Waals surface area contributed by atoms with Gasteiger partial charge in [0.15, 0.2) is 0 Å². The summed E-state index contributed by atoms with van der Waals surface area (Å²) in [5, 5.41) is 9.32. The Hall–Kier alpha value is -0.300. The molecule has 0 aromatic carbocycles. The predicted octanol–water partition coefficient (Wildman–Crippen LogP) is 3.49. The first-order valence-electron chi connectivity index (χ1n) is 6.92. The van der Waals surface area contributed by atoms with Gasteiger partial charge in [0.2, 0.25) is 0 Å². The van der Waals surface area contributed by atoms with Crippen molar-refractivity contribution in [1.82, 2.24) is 0 Å². The molecular formula is C15H26O. The fourth-order valence-corrected chi connectivity index (χ4v) is 3.78. The zero-order valence-corrected chi connectivity index (χ0v) is 10.9. The second kappa shape index (κ2) is 4.91. The van der Waals surface area contributed by atoms with Crippen molar-refractivity contribution in [1.29, 1.82) is 0 Å². The largest absolute Gasteiger partial charge is 0.396 e. The average molecular weight is 222 g/mol. The third-order valence-electron chi connectivity index (χ3n) is 5.14. The fourth-order valence-electron chi connectivity index (χ4n) is 3.78. The van der Waals surface area contributed by atoms with Crippen LogP contribution in [0, 0.1) is 35.5 Å². The van der Waals surface area contributed by atoms with E-state index >= 15 is 0 Å². The Labute approximate surface area is 99.9 Å². The first-order valence-corrected chi connectivity index (χ1v) is 6.92. The van der Waals surface area contributed by atoms with E-state index in [4.69, 9.17) is 0 Å². The standard InChI is InChI=1S/C15H26O/c1-10-4-6-13(12(3)9-16)8-15-11(2)5-7-14(10)15/h4,6,10-16H,5,7-9H2,1-3H3/t10-,11-,12?,13+,14-,15-/m0/s1. The molecule has 0 saturated heterocycles. The van der Waals surface area contributed by atoms with E-state index in [-0.39, 0.29) is 0 Å². The van der Waals surface area contributed by atoms with Gasteiger partial charge in [-0.05, 0) is 48.3 Å². The van der Waals surface area contributed by atoms with Gasteiger partial charge in [-0.15, -0.1) is 0 Å². The van der Waals surface area contributed by atoms with Gasteiger partial charge in [-0.1, -0.05) is 39.3 Å². The molecule has 1 fully saturated rings. The van der Waals surface area contributed by atoms with Crippen LogP contribution in [-0.4, -0.2) is 11.7 Å². The van der Waals surface area contributed by atoms with E-state index in [0.717, 1.165) is 23.7 Å². The smallest absolute Gasteiger partial charge is 0.0462 e. The number of aliphatic hydroxyl groups is 1. The van der Waals surface area contributed by atoms with Gasteiger partial charge in [0.1, 0.15) is 0 Å². The number of fused-ring (bicyclic) bond motifs is 1. The molecule has 1 nitrogen and oxygen atoms in total. The van der Waals surface area contributed by atoms with E-state index in [1.54, 1.807) is 0 Å². The molecule has 16 heavy (non-hydrogen) atoms. The van der Waals surface area contributed by atoms with Crippen LogP contribution in [0.25, 0.3) is 0 Å². The summed E-state index contributed by atoms with van der Waals surface area (Å²) in [4.78, 5) is 0. The van der Waals surface area contributed by atoms with Crippen LogP contribution in [0.1, 0.15) is 40.0 Å². The molecule has 1 unspecified atom stereocenters. The van der Waals surface area contributed by atoms with Gasteiger partial charge < -0.3 is 5.11 Å². The van der Waals surface area contributed by atoms with Crippen LogP contribution in [0.15, 0.2) is 12.2 Å². The minimum absolute atomic E-state index is 0.329. The molecule has 0 heterocycles. The van der Waals surface area contributed by atoms with Crippen LogP contribution in [0.3, 0.4) is 0 Å². The van der Waals surface area contributed by atoms with Crippen LogP contribution in [0.2, 0.25) is 0 Å². The Morgan fingerprint density at radius 3 is 2.62 bits per heavy atom. The number of allylic oxidation sites excluding steroid dienone is 2. The van der Waals surface area contributed by atoms with Crippen molar-refractivity contribution in [3.05, 3.63) is 12.2 Å². The highest BCUT2D eigenvalue weighted by Gasteiger charge is 2.38. The lowest BCUT2D eigenvalue weighted by molar-refractivity contribution is 0.172. The van der Waals surface area contributed by atoms with E-state index in [2.05, 4.69) is 32.9 Å². The maximum absolute atomic E-state index is 9.32. The van der Waals surface area contributed by atoms with Crippen LogP contribution in [0.4, 0.5) is 0 Å². The lowest BCUT2D eigenvalue weighted by Gasteiger charge is -2.27. The Morgan fingerprint density at radius 1 is 1.19 bits per heavy atom. The lowest BCUT2D eigenvalue weighted by atomic mass is 9.78. The molecule has 0 spiro atoms. The van der Waals surface area contributed by atoms with Gasteiger partial charge >= 0.3 is 0 Å². The average Bonchev–Trinajstić information content (AvgIpc) is 2.55. The molecule has 2 rings (SSSR count). The molecule has 6 atom stereocenters. The van der Waals surface area contributed by atoms with Gasteiger partial charge in [-0.2, -0.15) is 0 Å².